The fraction of sp³-hybridized carbons (Fsp3) is 0.300. The van der Waals surface area contributed by atoms with E-state index in [-0.39, 0.29) is 18.4 Å². The van der Waals surface area contributed by atoms with Crippen molar-refractivity contribution >= 4 is 11.9 Å². The Morgan fingerprint density at radius 3 is 2.71 bits per heavy atom. The topological polar surface area (TPSA) is 99.2 Å². The molecule has 0 bridgehead atoms. The number of aromatic nitrogens is 3. The molecule has 0 unspecified atom stereocenters. The summed E-state index contributed by atoms with van der Waals surface area (Å²) in [5.41, 5.74) is 2.37. The Balaban J connectivity index is 1.53. The number of para-hydroxylation sites is 1. The Hall–Kier alpha value is -3.42. The molecule has 1 aliphatic carbocycles. The maximum absolute atomic E-state index is 12.7. The number of carbonyl (C=O) groups is 2. The lowest BCUT2D eigenvalue weighted by Crippen LogP contribution is -2.24. The average molecular weight is 380 g/mol. The van der Waals surface area contributed by atoms with Crippen LogP contribution in [0.25, 0.3) is 5.69 Å². The zero-order valence-corrected chi connectivity index (χ0v) is 15.6. The van der Waals surface area contributed by atoms with Crippen LogP contribution in [0.5, 0.6) is 0 Å². The van der Waals surface area contributed by atoms with Crippen LogP contribution in [0.1, 0.15) is 56.8 Å². The molecule has 0 atom stereocenters. The standard InChI is InChI=1S/C20H20N4O4/c1-12-16(20(26)27-2)10-15(28-12)11-21-19(25)17-18(13-8-9-13)24(23-22-17)14-6-4-3-5-7-14/h3-7,10,13H,8-9,11H2,1-2H3,(H,21,25). The number of rotatable bonds is 6. The Kier molecular flexibility index (Phi) is 4.68. The van der Waals surface area contributed by atoms with E-state index in [0.29, 0.717) is 22.8 Å². The van der Waals surface area contributed by atoms with Gasteiger partial charge >= 0.3 is 5.97 Å². The van der Waals surface area contributed by atoms with E-state index in [4.69, 9.17) is 9.15 Å². The minimum Gasteiger partial charge on any atom is -0.465 e. The Labute approximate surface area is 161 Å². The molecule has 1 N–H and O–H groups in total. The van der Waals surface area contributed by atoms with Crippen molar-refractivity contribution < 1.29 is 18.7 Å². The maximum atomic E-state index is 12.7. The normalized spacial score (nSPS) is 13.4. The zero-order chi connectivity index (χ0) is 19.7. The lowest BCUT2D eigenvalue weighted by Gasteiger charge is -2.07. The molecule has 2 aromatic heterocycles. The Morgan fingerprint density at radius 1 is 1.29 bits per heavy atom. The molecule has 1 fully saturated rings. The first kappa shape index (κ1) is 18.0. The van der Waals surface area contributed by atoms with Gasteiger partial charge in [-0.15, -0.1) is 5.10 Å². The van der Waals surface area contributed by atoms with Crippen molar-refractivity contribution in [1.82, 2.24) is 20.3 Å². The van der Waals surface area contributed by atoms with Gasteiger partial charge < -0.3 is 14.5 Å². The Bertz CT molecular complexity index is 1020. The lowest BCUT2D eigenvalue weighted by atomic mass is 10.2. The van der Waals surface area contributed by atoms with Gasteiger partial charge in [-0.1, -0.05) is 23.4 Å². The van der Waals surface area contributed by atoms with Crippen molar-refractivity contribution in [2.75, 3.05) is 7.11 Å². The molecule has 1 amide bonds. The van der Waals surface area contributed by atoms with E-state index in [1.54, 1.807) is 17.7 Å². The van der Waals surface area contributed by atoms with Crippen molar-refractivity contribution in [3.8, 4) is 5.69 Å². The van der Waals surface area contributed by atoms with E-state index >= 15 is 0 Å². The largest absolute Gasteiger partial charge is 0.465 e. The second-order valence-corrected chi connectivity index (χ2v) is 6.70. The summed E-state index contributed by atoms with van der Waals surface area (Å²) in [6, 6.07) is 11.2. The van der Waals surface area contributed by atoms with Gasteiger partial charge in [-0.3, -0.25) is 4.79 Å². The van der Waals surface area contributed by atoms with Gasteiger partial charge in [0.05, 0.1) is 25.0 Å². The third kappa shape index (κ3) is 3.40. The summed E-state index contributed by atoms with van der Waals surface area (Å²) in [5, 5.41) is 11.1. The predicted octanol–water partition coefficient (Wildman–Crippen LogP) is 2.76. The number of methoxy groups -OCH3 is 1. The predicted molar refractivity (Wildman–Crippen MR) is 99.3 cm³/mol. The van der Waals surface area contributed by atoms with Gasteiger partial charge in [0.15, 0.2) is 5.69 Å². The molecule has 1 saturated carbocycles. The highest BCUT2D eigenvalue weighted by molar-refractivity contribution is 5.94. The summed E-state index contributed by atoms with van der Waals surface area (Å²) >= 11 is 0. The molecule has 28 heavy (non-hydrogen) atoms. The quantitative estimate of drug-likeness (QED) is 0.660. The summed E-state index contributed by atoms with van der Waals surface area (Å²) in [5.74, 6) is 0.408. The first-order valence-corrected chi connectivity index (χ1v) is 9.05. The number of aryl methyl sites for hydroxylation is 1. The van der Waals surface area contributed by atoms with Crippen LogP contribution in [0.15, 0.2) is 40.8 Å². The Morgan fingerprint density at radius 2 is 2.04 bits per heavy atom. The highest BCUT2D eigenvalue weighted by atomic mass is 16.5. The number of nitrogens with one attached hydrogen (secondary N) is 1. The number of furan rings is 1. The van der Waals surface area contributed by atoms with Crippen LogP contribution in [0, 0.1) is 6.92 Å². The average Bonchev–Trinajstić information content (AvgIpc) is 3.35. The van der Waals surface area contributed by atoms with E-state index in [2.05, 4.69) is 15.6 Å². The smallest absolute Gasteiger partial charge is 0.341 e. The van der Waals surface area contributed by atoms with Crippen LogP contribution in [0.3, 0.4) is 0 Å². The fourth-order valence-corrected chi connectivity index (χ4v) is 3.13. The second-order valence-electron chi connectivity index (χ2n) is 6.70. The number of ether oxygens (including phenoxy) is 1. The number of nitrogens with zero attached hydrogens (tertiary/aromatic N) is 3. The molecule has 2 heterocycles. The molecular formula is C20H20N4O4. The number of esters is 1. The van der Waals surface area contributed by atoms with Gasteiger partial charge in [-0.05, 0) is 38.0 Å². The van der Waals surface area contributed by atoms with Gasteiger partial charge in [0.2, 0.25) is 0 Å². The maximum Gasteiger partial charge on any atom is 0.341 e. The van der Waals surface area contributed by atoms with Crippen LogP contribution >= 0.6 is 0 Å². The van der Waals surface area contributed by atoms with Crippen LogP contribution in [0.4, 0.5) is 0 Å². The van der Waals surface area contributed by atoms with E-state index in [9.17, 15) is 9.59 Å². The molecule has 144 valence electrons. The summed E-state index contributed by atoms with van der Waals surface area (Å²) in [4.78, 5) is 24.4. The van der Waals surface area contributed by atoms with Crippen molar-refractivity contribution in [3.05, 3.63) is 64.9 Å². The molecule has 8 nitrogen and oxygen atoms in total. The molecule has 0 spiro atoms. The number of benzene rings is 1. The van der Waals surface area contributed by atoms with Crippen molar-refractivity contribution in [2.24, 2.45) is 0 Å². The minimum atomic E-state index is -0.472. The summed E-state index contributed by atoms with van der Waals surface area (Å²) in [7, 11) is 1.31. The first-order chi connectivity index (χ1) is 13.6. The van der Waals surface area contributed by atoms with E-state index in [1.165, 1.54) is 7.11 Å². The monoisotopic (exact) mass is 380 g/mol. The molecule has 1 aliphatic rings. The molecule has 0 aliphatic heterocycles. The minimum absolute atomic E-state index is 0.138. The number of amides is 1. The molecule has 4 rings (SSSR count). The van der Waals surface area contributed by atoms with E-state index in [1.807, 2.05) is 30.3 Å². The number of hydrogen-bond donors (Lipinski definition) is 1. The fourth-order valence-electron chi connectivity index (χ4n) is 3.13. The molecule has 3 aromatic rings. The van der Waals surface area contributed by atoms with Gasteiger partial charge in [0, 0.05) is 5.92 Å². The third-order valence-electron chi connectivity index (χ3n) is 4.68. The van der Waals surface area contributed by atoms with Crippen LogP contribution < -0.4 is 5.32 Å². The highest BCUT2D eigenvalue weighted by Crippen LogP contribution is 2.41. The van der Waals surface area contributed by atoms with Gasteiger partial charge in [0.1, 0.15) is 17.1 Å². The van der Waals surface area contributed by atoms with Crippen molar-refractivity contribution in [3.63, 3.8) is 0 Å². The van der Waals surface area contributed by atoms with Crippen LogP contribution in [-0.2, 0) is 11.3 Å². The van der Waals surface area contributed by atoms with Gasteiger partial charge in [-0.25, -0.2) is 9.48 Å². The molecule has 0 saturated heterocycles. The van der Waals surface area contributed by atoms with Gasteiger partial charge in [0.25, 0.3) is 5.91 Å². The number of hydrogen-bond acceptors (Lipinski definition) is 6. The summed E-state index contributed by atoms with van der Waals surface area (Å²) < 4.78 is 12.0. The SMILES string of the molecule is COC(=O)c1cc(CNC(=O)c2nnn(-c3ccccc3)c2C2CC2)oc1C. The van der Waals surface area contributed by atoms with Crippen molar-refractivity contribution in [2.45, 2.75) is 32.2 Å². The van der Waals surface area contributed by atoms with Crippen LogP contribution in [0.2, 0.25) is 0 Å². The molecule has 1 aromatic carbocycles. The van der Waals surface area contributed by atoms with E-state index < -0.39 is 5.97 Å². The van der Waals surface area contributed by atoms with Gasteiger partial charge in [-0.2, -0.15) is 0 Å². The summed E-state index contributed by atoms with van der Waals surface area (Å²) in [6.45, 7) is 1.81. The third-order valence-corrected chi connectivity index (χ3v) is 4.68. The van der Waals surface area contributed by atoms with Crippen molar-refractivity contribution in [1.29, 1.82) is 0 Å². The number of carbonyl (C=O) groups excluding carboxylic acids is 2. The molecule has 0 radical (unpaired) electrons. The second kappa shape index (κ2) is 7.30. The lowest BCUT2D eigenvalue weighted by molar-refractivity contribution is 0.0598. The van der Waals surface area contributed by atoms with Crippen LogP contribution in [-0.4, -0.2) is 34.0 Å². The highest BCUT2D eigenvalue weighted by Gasteiger charge is 2.34. The summed E-state index contributed by atoms with van der Waals surface area (Å²) in [6.07, 6.45) is 2.03. The van der Waals surface area contributed by atoms with E-state index in [0.717, 1.165) is 24.2 Å². The molecular weight excluding hydrogens is 360 g/mol. The molecule has 8 heteroatoms. The first-order valence-electron chi connectivity index (χ1n) is 9.05. The zero-order valence-electron chi connectivity index (χ0n) is 15.6.